The zero-order chi connectivity index (χ0) is 43.0. The normalized spacial score (nSPS) is 13.2. The molecular weight excluding hydrogens is 807 g/mol. The van der Waals surface area contributed by atoms with E-state index in [1.54, 1.807) is 0 Å². The number of hydrogen-bond donors (Lipinski definition) is 0. The van der Waals surface area contributed by atoms with Crippen LogP contribution >= 0.6 is 11.3 Å². The average molecular weight is 846 g/mol. The first-order chi connectivity index (χ1) is 32.0. The summed E-state index contributed by atoms with van der Waals surface area (Å²) < 4.78 is 4.97. The topological polar surface area (TPSA) is 30.7 Å². The smallest absolute Gasteiger partial charge is 0.159 e. The minimum atomic E-state index is -0.0766. The summed E-state index contributed by atoms with van der Waals surface area (Å²) in [4.78, 5) is 10.3. The molecule has 10 aromatic carbocycles. The van der Waals surface area contributed by atoms with Crippen LogP contribution in [0.3, 0.4) is 0 Å². The van der Waals surface area contributed by atoms with E-state index in [2.05, 4.69) is 206 Å². The minimum absolute atomic E-state index is 0.0766. The van der Waals surface area contributed by atoms with Crippen LogP contribution in [0.4, 0.5) is 0 Å². The third kappa shape index (κ3) is 5.29. The molecule has 0 fully saturated rings. The van der Waals surface area contributed by atoms with Crippen LogP contribution < -0.4 is 0 Å². The van der Waals surface area contributed by atoms with Crippen molar-refractivity contribution in [3.63, 3.8) is 0 Å². The van der Waals surface area contributed by atoms with Gasteiger partial charge in [-0.2, -0.15) is 0 Å². The highest BCUT2D eigenvalue weighted by atomic mass is 32.1. The van der Waals surface area contributed by atoms with Gasteiger partial charge in [0, 0.05) is 65.6 Å². The summed E-state index contributed by atoms with van der Waals surface area (Å²) in [5.41, 5.74) is 14.2. The molecule has 0 radical (unpaired) electrons. The molecule has 13 aromatic rings. The largest absolute Gasteiger partial charge is 0.309 e. The third-order valence-electron chi connectivity index (χ3n) is 14.3. The maximum atomic E-state index is 5.15. The minimum Gasteiger partial charge on any atom is -0.309 e. The Kier molecular flexibility index (Phi) is 7.62. The Labute approximate surface area is 379 Å². The fraction of sp³-hybridized carbons (Fsp3) is 0.0492. The first-order valence-electron chi connectivity index (χ1n) is 22.4. The number of para-hydroxylation sites is 2. The number of thiophene rings is 1. The second kappa shape index (κ2) is 13.5. The Morgan fingerprint density at radius 2 is 0.969 bits per heavy atom. The molecule has 0 N–H and O–H groups in total. The van der Waals surface area contributed by atoms with Crippen molar-refractivity contribution in [1.82, 2.24) is 14.5 Å². The lowest BCUT2D eigenvalue weighted by atomic mass is 9.81. The zero-order valence-corrected chi connectivity index (χ0v) is 36.6. The molecular formula is C61H39N3S. The maximum Gasteiger partial charge on any atom is 0.159 e. The van der Waals surface area contributed by atoms with Crippen molar-refractivity contribution >= 4 is 85.6 Å². The van der Waals surface area contributed by atoms with Gasteiger partial charge in [0.1, 0.15) is 0 Å². The Hall–Kier alpha value is -7.92. The zero-order valence-electron chi connectivity index (χ0n) is 35.8. The van der Waals surface area contributed by atoms with Crippen molar-refractivity contribution in [3.8, 4) is 50.5 Å². The van der Waals surface area contributed by atoms with E-state index in [0.717, 1.165) is 27.9 Å². The number of nitrogens with zero attached hydrogens (tertiary/aromatic N) is 3. The van der Waals surface area contributed by atoms with Crippen LogP contribution in [-0.2, 0) is 5.41 Å². The SMILES string of the molecule is CC1(C)c2ccccc2-c2cc3c4ccccc4c4cc(-c5cnc(-c6cc(-c7cccc8c7sc7ccccc78)cc(-n7c8ccccc8c8ccccc87)c6)nc5)ccc4c3cc21. The Bertz CT molecular complexity index is 4100. The summed E-state index contributed by atoms with van der Waals surface area (Å²) in [7, 11) is 0. The van der Waals surface area contributed by atoms with Gasteiger partial charge in [-0.3, -0.25) is 0 Å². The average Bonchev–Trinajstić information content (AvgIpc) is 3.99. The molecule has 65 heavy (non-hydrogen) atoms. The van der Waals surface area contributed by atoms with E-state index in [1.165, 1.54) is 102 Å². The van der Waals surface area contributed by atoms with Crippen LogP contribution in [0.1, 0.15) is 25.0 Å². The fourth-order valence-corrected chi connectivity index (χ4v) is 12.4. The van der Waals surface area contributed by atoms with Crippen molar-refractivity contribution in [2.45, 2.75) is 19.3 Å². The summed E-state index contributed by atoms with van der Waals surface area (Å²) in [6.45, 7) is 4.73. The second-order valence-corrected chi connectivity index (χ2v) is 19.2. The monoisotopic (exact) mass is 845 g/mol. The summed E-state index contributed by atoms with van der Waals surface area (Å²) in [5, 5.41) is 12.7. The lowest BCUT2D eigenvalue weighted by Gasteiger charge is -2.22. The molecule has 0 spiro atoms. The predicted octanol–water partition coefficient (Wildman–Crippen LogP) is 16.7. The van der Waals surface area contributed by atoms with E-state index in [4.69, 9.17) is 9.97 Å². The predicted molar refractivity (Wildman–Crippen MR) is 276 cm³/mol. The van der Waals surface area contributed by atoms with E-state index in [9.17, 15) is 0 Å². The van der Waals surface area contributed by atoms with Gasteiger partial charge < -0.3 is 4.57 Å². The highest BCUT2D eigenvalue weighted by Crippen LogP contribution is 2.51. The van der Waals surface area contributed by atoms with Crippen molar-refractivity contribution in [3.05, 3.63) is 212 Å². The van der Waals surface area contributed by atoms with Crippen molar-refractivity contribution in [1.29, 1.82) is 0 Å². The molecule has 0 unspecified atom stereocenters. The second-order valence-electron chi connectivity index (χ2n) is 18.1. The molecule has 0 amide bonds. The van der Waals surface area contributed by atoms with Crippen LogP contribution in [0.5, 0.6) is 0 Å². The first kappa shape index (κ1) is 36.6. The van der Waals surface area contributed by atoms with Gasteiger partial charge in [0.15, 0.2) is 5.82 Å². The quantitative estimate of drug-likeness (QED) is 0.165. The standard InChI is InChI=1S/C61H39N3S/c1-61(2)54-22-9-5-16-45(54)53-32-51-43-15-4-3-14-42(43)50-31-36(26-27-44(50)52(51)33-55(53)61)39-34-62-60(63-35-39)38-28-37(41-20-13-21-49-48-19-8-12-25-58(48)65-59(41)49)29-40(30-38)64-56-23-10-6-17-46(56)47-18-7-11-24-57(47)64/h3-35H,1-2H3. The molecule has 1 aliphatic carbocycles. The molecule has 3 nitrogen and oxygen atoms in total. The van der Waals surface area contributed by atoms with E-state index < -0.39 is 0 Å². The van der Waals surface area contributed by atoms with Crippen LogP contribution in [0.15, 0.2) is 200 Å². The van der Waals surface area contributed by atoms with Crippen LogP contribution in [0.2, 0.25) is 0 Å². The Morgan fingerprint density at radius 3 is 1.74 bits per heavy atom. The van der Waals surface area contributed by atoms with Crippen LogP contribution in [0.25, 0.3) is 125 Å². The van der Waals surface area contributed by atoms with E-state index in [0.29, 0.717) is 5.82 Å². The molecule has 3 aromatic heterocycles. The van der Waals surface area contributed by atoms with E-state index in [1.807, 2.05) is 23.7 Å². The van der Waals surface area contributed by atoms with Crippen molar-refractivity contribution < 1.29 is 0 Å². The lowest BCUT2D eigenvalue weighted by Crippen LogP contribution is -2.14. The Balaban J connectivity index is 0.929. The Morgan fingerprint density at radius 1 is 0.385 bits per heavy atom. The van der Waals surface area contributed by atoms with Gasteiger partial charge >= 0.3 is 0 Å². The number of rotatable bonds is 4. The lowest BCUT2D eigenvalue weighted by molar-refractivity contribution is 0.661. The number of benzene rings is 10. The molecule has 0 aliphatic heterocycles. The van der Waals surface area contributed by atoms with Crippen molar-refractivity contribution in [2.75, 3.05) is 0 Å². The van der Waals surface area contributed by atoms with E-state index >= 15 is 0 Å². The number of hydrogen-bond acceptors (Lipinski definition) is 3. The van der Waals surface area contributed by atoms with Crippen molar-refractivity contribution in [2.24, 2.45) is 0 Å². The highest BCUT2D eigenvalue weighted by molar-refractivity contribution is 7.26. The van der Waals surface area contributed by atoms with Gasteiger partial charge in [0.25, 0.3) is 0 Å². The van der Waals surface area contributed by atoms with Crippen LogP contribution in [0, 0.1) is 0 Å². The van der Waals surface area contributed by atoms with Gasteiger partial charge in [-0.1, -0.05) is 147 Å². The molecule has 0 saturated heterocycles. The molecule has 1 aliphatic rings. The molecule has 304 valence electrons. The van der Waals surface area contributed by atoms with Gasteiger partial charge in [0.05, 0.1) is 11.0 Å². The summed E-state index contributed by atoms with van der Waals surface area (Å²) in [6, 6.07) is 69.3. The molecule has 0 atom stereocenters. The van der Waals surface area contributed by atoms with E-state index in [-0.39, 0.29) is 5.41 Å². The van der Waals surface area contributed by atoms with Gasteiger partial charge in [0.2, 0.25) is 0 Å². The molecule has 0 saturated carbocycles. The third-order valence-corrected chi connectivity index (χ3v) is 15.5. The molecule has 14 rings (SSSR count). The van der Waals surface area contributed by atoms with Crippen LogP contribution in [-0.4, -0.2) is 14.5 Å². The number of aromatic nitrogens is 3. The molecule has 4 heteroatoms. The summed E-state index contributed by atoms with van der Waals surface area (Å²) in [6.07, 6.45) is 4.00. The summed E-state index contributed by atoms with van der Waals surface area (Å²) >= 11 is 1.86. The fourth-order valence-electron chi connectivity index (χ4n) is 11.2. The van der Waals surface area contributed by atoms with Gasteiger partial charge in [-0.05, 0) is 126 Å². The molecule has 3 heterocycles. The van der Waals surface area contributed by atoms with Gasteiger partial charge in [-0.15, -0.1) is 11.3 Å². The molecule has 0 bridgehead atoms. The number of fused-ring (bicyclic) bond motifs is 15. The first-order valence-corrected chi connectivity index (χ1v) is 23.2. The highest BCUT2D eigenvalue weighted by Gasteiger charge is 2.35. The maximum absolute atomic E-state index is 5.15. The summed E-state index contributed by atoms with van der Waals surface area (Å²) in [5.74, 6) is 0.691. The van der Waals surface area contributed by atoms with Gasteiger partial charge in [-0.25, -0.2) is 9.97 Å².